The first-order valence-corrected chi connectivity index (χ1v) is 14.1. The normalized spacial score (nSPS) is 16.7. The third kappa shape index (κ3) is 2.75. The molecule has 1 aliphatic heterocycles. The minimum Gasteiger partial charge on any atom is -0.455 e. The van der Waals surface area contributed by atoms with E-state index in [0.29, 0.717) is 10.6 Å². The molecular weight excluding hydrogens is 528 g/mol. The maximum Gasteiger partial charge on any atom is 0.143 e. The van der Waals surface area contributed by atoms with Crippen LogP contribution >= 0.6 is 23.4 Å². The quantitative estimate of drug-likeness (QED) is 0.200. The number of hydrogen-bond donors (Lipinski definition) is 0. The standard InChI is InChI=1S/C37H21ClOS/c38-31-21-20-27(26-14-9-13-25-24-12-3-7-18-32(24)39-35(25)26)36-34(31)37(30-17-6-8-19-33(30)40-36)28-15-4-1-10-22(28)23-11-2-5-16-29(23)37/h1-21H/i3D,7D,9D,12D,13D,14D,18D. The summed E-state index contributed by atoms with van der Waals surface area (Å²) >= 11 is 8.81. The fourth-order valence-electron chi connectivity index (χ4n) is 6.63. The largest absolute Gasteiger partial charge is 0.455 e. The van der Waals surface area contributed by atoms with E-state index in [1.54, 1.807) is 12.1 Å². The molecular formula is C37H21ClOS. The molecule has 1 aliphatic carbocycles. The molecule has 1 spiro atoms. The lowest BCUT2D eigenvalue weighted by atomic mass is 9.67. The van der Waals surface area contributed by atoms with Gasteiger partial charge < -0.3 is 4.42 Å². The molecule has 7 aromatic rings. The number of hydrogen-bond acceptors (Lipinski definition) is 2. The molecule has 40 heavy (non-hydrogen) atoms. The van der Waals surface area contributed by atoms with Crippen LogP contribution in [-0.2, 0) is 5.41 Å². The summed E-state index contributed by atoms with van der Waals surface area (Å²) in [5.74, 6) is 0. The summed E-state index contributed by atoms with van der Waals surface area (Å²) < 4.78 is 66.9. The van der Waals surface area contributed by atoms with Crippen LogP contribution < -0.4 is 0 Å². The molecule has 0 radical (unpaired) electrons. The number of rotatable bonds is 1. The molecule has 0 atom stereocenters. The molecule has 1 nitrogen and oxygen atoms in total. The van der Waals surface area contributed by atoms with E-state index in [-0.39, 0.29) is 57.7 Å². The maximum absolute atomic E-state index is 9.19. The highest BCUT2D eigenvalue weighted by atomic mass is 35.5. The molecule has 0 saturated carbocycles. The zero-order valence-electron chi connectivity index (χ0n) is 27.8. The van der Waals surface area contributed by atoms with E-state index >= 15 is 0 Å². The zero-order chi connectivity index (χ0) is 32.5. The Labute approximate surface area is 250 Å². The van der Waals surface area contributed by atoms with Crippen molar-refractivity contribution in [1.29, 1.82) is 0 Å². The van der Waals surface area contributed by atoms with Gasteiger partial charge >= 0.3 is 0 Å². The Balaban J connectivity index is 1.47. The molecule has 0 saturated heterocycles. The van der Waals surface area contributed by atoms with Crippen LogP contribution in [0.15, 0.2) is 141 Å². The van der Waals surface area contributed by atoms with Crippen LogP contribution in [0.3, 0.4) is 0 Å². The Hall–Kier alpha value is -4.24. The highest BCUT2D eigenvalue weighted by Crippen LogP contribution is 2.64. The van der Waals surface area contributed by atoms with Gasteiger partial charge in [-0.05, 0) is 51.6 Å². The Morgan fingerprint density at radius 3 is 2.10 bits per heavy atom. The van der Waals surface area contributed by atoms with Gasteiger partial charge in [-0.3, -0.25) is 0 Å². The first kappa shape index (κ1) is 16.8. The van der Waals surface area contributed by atoms with Crippen molar-refractivity contribution in [3.05, 3.63) is 155 Å². The molecule has 2 heterocycles. The molecule has 0 fully saturated rings. The van der Waals surface area contributed by atoms with Crippen LogP contribution in [0, 0.1) is 0 Å². The van der Waals surface area contributed by atoms with Gasteiger partial charge in [0.2, 0.25) is 0 Å². The number of para-hydroxylation sites is 2. The predicted octanol–water partition coefficient (Wildman–Crippen LogP) is 10.7. The smallest absolute Gasteiger partial charge is 0.143 e. The molecule has 1 aromatic heterocycles. The molecule has 3 heteroatoms. The first-order chi connectivity index (χ1) is 22.7. The average molecular weight is 556 g/mol. The van der Waals surface area contributed by atoms with Gasteiger partial charge in [0.05, 0.1) is 15.0 Å². The average Bonchev–Trinajstić information content (AvgIpc) is 3.62. The van der Waals surface area contributed by atoms with E-state index in [0.717, 1.165) is 43.2 Å². The molecule has 0 N–H and O–H groups in total. The van der Waals surface area contributed by atoms with Crippen LogP contribution in [0.4, 0.5) is 0 Å². The number of halogens is 1. The van der Waals surface area contributed by atoms with Gasteiger partial charge in [0.1, 0.15) is 11.2 Å². The van der Waals surface area contributed by atoms with Crippen molar-refractivity contribution in [2.75, 3.05) is 0 Å². The summed E-state index contributed by atoms with van der Waals surface area (Å²) in [5, 5.41) is 0.647. The number of furan rings is 1. The van der Waals surface area contributed by atoms with Crippen LogP contribution in [0.25, 0.3) is 44.2 Å². The number of fused-ring (bicyclic) bond motifs is 12. The van der Waals surface area contributed by atoms with Crippen molar-refractivity contribution in [3.63, 3.8) is 0 Å². The summed E-state index contributed by atoms with van der Waals surface area (Å²) in [6, 6.07) is 26.0. The minimum absolute atomic E-state index is 0.0293. The van der Waals surface area contributed by atoms with E-state index in [1.807, 2.05) is 36.4 Å². The summed E-state index contributed by atoms with van der Waals surface area (Å²) in [6.07, 6.45) is 0. The Morgan fingerprint density at radius 1 is 0.625 bits per heavy atom. The van der Waals surface area contributed by atoms with E-state index in [4.69, 9.17) is 24.2 Å². The minimum atomic E-state index is -0.797. The molecule has 0 bridgehead atoms. The number of benzene rings is 6. The summed E-state index contributed by atoms with van der Waals surface area (Å²) in [5.41, 5.74) is 6.28. The van der Waals surface area contributed by atoms with Gasteiger partial charge in [0.25, 0.3) is 0 Å². The third-order valence-corrected chi connectivity index (χ3v) is 9.66. The Morgan fingerprint density at radius 2 is 1.30 bits per heavy atom. The van der Waals surface area contributed by atoms with Crippen molar-refractivity contribution in [2.45, 2.75) is 15.2 Å². The predicted molar refractivity (Wildman–Crippen MR) is 166 cm³/mol. The van der Waals surface area contributed by atoms with E-state index in [9.17, 15) is 1.37 Å². The van der Waals surface area contributed by atoms with Gasteiger partial charge in [0, 0.05) is 36.7 Å². The summed E-state index contributed by atoms with van der Waals surface area (Å²) in [4.78, 5) is 1.78. The Kier molecular flexibility index (Phi) is 3.41. The van der Waals surface area contributed by atoms with E-state index < -0.39 is 17.5 Å². The van der Waals surface area contributed by atoms with Crippen LogP contribution in [0.2, 0.25) is 5.02 Å². The van der Waals surface area contributed by atoms with E-state index in [1.165, 1.54) is 11.8 Å². The van der Waals surface area contributed by atoms with Crippen LogP contribution in [-0.4, -0.2) is 0 Å². The van der Waals surface area contributed by atoms with Crippen LogP contribution in [0.5, 0.6) is 0 Å². The van der Waals surface area contributed by atoms with E-state index in [2.05, 4.69) is 36.4 Å². The second kappa shape index (κ2) is 8.14. The van der Waals surface area contributed by atoms with Gasteiger partial charge in [-0.25, -0.2) is 0 Å². The van der Waals surface area contributed by atoms with Gasteiger partial charge in [-0.2, -0.15) is 0 Å². The lowest BCUT2D eigenvalue weighted by Gasteiger charge is -2.41. The van der Waals surface area contributed by atoms with Crippen molar-refractivity contribution < 1.29 is 14.0 Å². The monoisotopic (exact) mass is 555 g/mol. The maximum atomic E-state index is 9.19. The molecule has 188 valence electrons. The fourth-order valence-corrected chi connectivity index (χ4v) is 8.33. The molecule has 9 rings (SSSR count). The highest BCUT2D eigenvalue weighted by molar-refractivity contribution is 7.99. The van der Waals surface area contributed by atoms with Crippen molar-refractivity contribution >= 4 is 45.3 Å². The molecule has 2 aliphatic rings. The summed E-state index contributed by atoms with van der Waals surface area (Å²) in [7, 11) is 0. The van der Waals surface area contributed by atoms with Gasteiger partial charge in [-0.15, -0.1) is 0 Å². The fraction of sp³-hybridized carbons (Fsp3) is 0.0270. The highest BCUT2D eigenvalue weighted by Gasteiger charge is 2.51. The summed E-state index contributed by atoms with van der Waals surface area (Å²) in [6.45, 7) is 0. The molecule has 0 amide bonds. The molecule has 6 aromatic carbocycles. The second-order valence-corrected chi connectivity index (χ2v) is 11.5. The van der Waals surface area contributed by atoms with Crippen molar-refractivity contribution in [2.24, 2.45) is 0 Å². The lowest BCUT2D eigenvalue weighted by molar-refractivity contribution is 0.669. The topological polar surface area (TPSA) is 13.1 Å². The molecule has 0 unspecified atom stereocenters. The first-order valence-electron chi connectivity index (χ1n) is 16.4. The van der Waals surface area contributed by atoms with Gasteiger partial charge in [-0.1, -0.05) is 132 Å². The van der Waals surface area contributed by atoms with Crippen molar-refractivity contribution in [3.8, 4) is 22.3 Å². The second-order valence-electron chi connectivity index (χ2n) is 10.00. The van der Waals surface area contributed by atoms with Crippen LogP contribution in [0.1, 0.15) is 31.8 Å². The SMILES string of the molecule is [2H]c1c([2H])c([2H])c2c(oc3c(-c4ccc(Cl)c5c4Sc4ccccc4C54c5ccccc5-c5ccccc54)c([2H])c([2H])c([2H])c32)c1[2H]. The lowest BCUT2D eigenvalue weighted by Crippen LogP contribution is -2.32. The Bertz CT molecular complexity index is 2510. The zero-order valence-corrected chi connectivity index (χ0v) is 22.3. The third-order valence-electron chi connectivity index (χ3n) is 8.14. The van der Waals surface area contributed by atoms with Gasteiger partial charge in [0.15, 0.2) is 0 Å². The van der Waals surface area contributed by atoms with Crippen molar-refractivity contribution in [1.82, 2.24) is 0 Å².